The normalized spacial score (nSPS) is 11.6. The minimum absolute atomic E-state index is 0.0605. The van der Waals surface area contributed by atoms with Gasteiger partial charge in [0.15, 0.2) is 4.77 Å². The zero-order chi connectivity index (χ0) is 17.6. The second kappa shape index (κ2) is 6.20. The van der Waals surface area contributed by atoms with Crippen LogP contribution in [0.3, 0.4) is 0 Å². The summed E-state index contributed by atoms with van der Waals surface area (Å²) < 4.78 is 2.73. The molecule has 0 radical (unpaired) electrons. The van der Waals surface area contributed by atoms with Crippen molar-refractivity contribution in [2.24, 2.45) is 0 Å². The van der Waals surface area contributed by atoms with Gasteiger partial charge in [0.05, 0.1) is 12.1 Å². The van der Waals surface area contributed by atoms with Crippen molar-refractivity contribution in [3.63, 3.8) is 0 Å². The molecule has 3 aromatic heterocycles. The molecule has 0 fully saturated rings. The van der Waals surface area contributed by atoms with Gasteiger partial charge in [-0.2, -0.15) is 0 Å². The second-order valence-electron chi connectivity index (χ2n) is 6.38. The Bertz CT molecular complexity index is 1180. The Morgan fingerprint density at radius 3 is 2.72 bits per heavy atom. The van der Waals surface area contributed by atoms with Crippen LogP contribution in [0, 0.1) is 4.77 Å². The molecule has 6 heteroatoms. The van der Waals surface area contributed by atoms with Crippen molar-refractivity contribution in [2.75, 3.05) is 0 Å². The van der Waals surface area contributed by atoms with Gasteiger partial charge >= 0.3 is 0 Å². The predicted octanol–water partition coefficient (Wildman–Crippen LogP) is 4.84. The highest BCUT2D eigenvalue weighted by Gasteiger charge is 2.13. The molecule has 0 aliphatic carbocycles. The summed E-state index contributed by atoms with van der Waals surface area (Å²) in [7, 11) is 0. The van der Waals surface area contributed by atoms with E-state index in [-0.39, 0.29) is 5.56 Å². The van der Waals surface area contributed by atoms with Crippen molar-refractivity contribution in [2.45, 2.75) is 26.3 Å². The highest BCUT2D eigenvalue weighted by Crippen LogP contribution is 2.28. The highest BCUT2D eigenvalue weighted by molar-refractivity contribution is 7.71. The summed E-state index contributed by atoms with van der Waals surface area (Å²) in [6.07, 6.45) is 1.74. The number of nitrogens with one attached hydrogen (secondary N) is 1. The second-order valence-corrected chi connectivity index (χ2v) is 7.77. The molecule has 3 heterocycles. The molecule has 0 aliphatic heterocycles. The van der Waals surface area contributed by atoms with Crippen LogP contribution in [0.1, 0.15) is 30.9 Å². The molecule has 4 nitrogen and oxygen atoms in total. The molecular weight excluding hydrogens is 350 g/mol. The first kappa shape index (κ1) is 16.2. The summed E-state index contributed by atoms with van der Waals surface area (Å²) in [6, 6.07) is 12.2. The summed E-state index contributed by atoms with van der Waals surface area (Å²) in [6.45, 7) is 4.79. The third-order valence-corrected chi connectivity index (χ3v) is 5.79. The zero-order valence-electron chi connectivity index (χ0n) is 13.9. The molecule has 0 bridgehead atoms. The van der Waals surface area contributed by atoms with E-state index < -0.39 is 0 Å². The Morgan fingerprint density at radius 1 is 1.24 bits per heavy atom. The lowest BCUT2D eigenvalue weighted by Crippen LogP contribution is -2.21. The van der Waals surface area contributed by atoms with Crippen molar-refractivity contribution in [1.82, 2.24) is 14.5 Å². The number of aromatic amines is 1. The Hall–Kier alpha value is -2.31. The Balaban J connectivity index is 1.83. The molecule has 0 amide bonds. The molecule has 0 atom stereocenters. The molecule has 0 saturated carbocycles. The maximum Gasteiger partial charge on any atom is 0.272 e. The van der Waals surface area contributed by atoms with Gasteiger partial charge in [0.2, 0.25) is 0 Å². The first-order valence-electron chi connectivity index (χ1n) is 8.14. The van der Waals surface area contributed by atoms with Crippen molar-refractivity contribution in [1.29, 1.82) is 0 Å². The molecule has 0 spiro atoms. The van der Waals surface area contributed by atoms with Gasteiger partial charge in [-0.25, -0.2) is 4.98 Å². The van der Waals surface area contributed by atoms with Crippen LogP contribution in [-0.4, -0.2) is 14.5 Å². The lowest BCUT2D eigenvalue weighted by atomic mass is 10.0. The summed E-state index contributed by atoms with van der Waals surface area (Å²) in [4.78, 5) is 21.4. The molecule has 4 aromatic rings. The predicted molar refractivity (Wildman–Crippen MR) is 106 cm³/mol. The molecule has 1 N–H and O–H groups in total. The van der Waals surface area contributed by atoms with Crippen LogP contribution >= 0.6 is 23.6 Å². The quantitative estimate of drug-likeness (QED) is 0.527. The number of rotatable bonds is 3. The number of thiophene rings is 1. The van der Waals surface area contributed by atoms with Gasteiger partial charge in [-0.3, -0.25) is 9.36 Å². The summed E-state index contributed by atoms with van der Waals surface area (Å²) in [5, 5.41) is 0.944. The molecule has 1 aromatic carbocycles. The standard InChI is InChI=1S/C19H17N3OS2/c1-11(2)13-7-5-12(6-8-13)10-22-18(23)16-15(21-19(22)24)14-4-3-9-20-17(14)25-16/h3-9,11H,10H2,1-2H3,(H,21,24). The van der Waals surface area contributed by atoms with Crippen LogP contribution in [-0.2, 0) is 6.54 Å². The lowest BCUT2D eigenvalue weighted by Gasteiger charge is -2.09. The van der Waals surface area contributed by atoms with Gasteiger partial charge in [-0.05, 0) is 41.4 Å². The fraction of sp³-hybridized carbons (Fsp3) is 0.211. The van der Waals surface area contributed by atoms with Crippen molar-refractivity contribution >= 4 is 44.0 Å². The Labute approximate surface area is 153 Å². The number of pyridine rings is 1. The van der Waals surface area contributed by atoms with Gasteiger partial charge in [0, 0.05) is 11.6 Å². The zero-order valence-corrected chi connectivity index (χ0v) is 15.6. The van der Waals surface area contributed by atoms with E-state index in [0.29, 0.717) is 21.9 Å². The average molecular weight is 367 g/mol. The van der Waals surface area contributed by atoms with Gasteiger partial charge < -0.3 is 4.98 Å². The van der Waals surface area contributed by atoms with Crippen molar-refractivity contribution in [3.8, 4) is 0 Å². The first-order valence-corrected chi connectivity index (χ1v) is 9.36. The monoisotopic (exact) mass is 367 g/mol. The number of benzene rings is 1. The molecular formula is C19H17N3OS2. The van der Waals surface area contributed by atoms with Gasteiger partial charge in [0.25, 0.3) is 5.56 Å². The fourth-order valence-electron chi connectivity index (χ4n) is 2.93. The summed E-state index contributed by atoms with van der Waals surface area (Å²) in [5.41, 5.74) is 3.07. The number of fused-ring (bicyclic) bond motifs is 3. The van der Waals surface area contributed by atoms with E-state index in [1.807, 2.05) is 12.1 Å². The third-order valence-electron chi connectivity index (χ3n) is 4.37. The van der Waals surface area contributed by atoms with E-state index in [2.05, 4.69) is 48.1 Å². The fourth-order valence-corrected chi connectivity index (χ4v) is 4.23. The van der Waals surface area contributed by atoms with Gasteiger partial charge in [-0.1, -0.05) is 38.1 Å². The topological polar surface area (TPSA) is 50.7 Å². The number of nitrogens with zero attached hydrogens (tertiary/aromatic N) is 2. The number of H-pyrrole nitrogens is 1. The third kappa shape index (κ3) is 2.81. The highest BCUT2D eigenvalue weighted by atomic mass is 32.1. The van der Waals surface area contributed by atoms with E-state index in [0.717, 1.165) is 21.3 Å². The Morgan fingerprint density at radius 2 is 2.00 bits per heavy atom. The van der Waals surface area contributed by atoms with E-state index >= 15 is 0 Å². The average Bonchev–Trinajstić information content (AvgIpc) is 2.98. The van der Waals surface area contributed by atoms with Crippen molar-refractivity contribution < 1.29 is 0 Å². The maximum absolute atomic E-state index is 13.0. The smallest absolute Gasteiger partial charge is 0.272 e. The van der Waals surface area contributed by atoms with Crippen LogP contribution in [0.25, 0.3) is 20.4 Å². The van der Waals surface area contributed by atoms with Gasteiger partial charge in [-0.15, -0.1) is 11.3 Å². The minimum atomic E-state index is -0.0605. The molecule has 0 unspecified atom stereocenters. The maximum atomic E-state index is 13.0. The minimum Gasteiger partial charge on any atom is -0.330 e. The van der Waals surface area contributed by atoms with Crippen molar-refractivity contribution in [3.05, 3.63) is 68.8 Å². The van der Waals surface area contributed by atoms with Crippen LogP contribution in [0.15, 0.2) is 47.4 Å². The SMILES string of the molecule is CC(C)c1ccc(Cn2c(=S)[nH]c3c(sc4ncccc43)c2=O)cc1. The number of hydrogen-bond acceptors (Lipinski definition) is 4. The first-order chi connectivity index (χ1) is 12.0. The van der Waals surface area contributed by atoms with E-state index in [4.69, 9.17) is 12.2 Å². The molecule has 25 heavy (non-hydrogen) atoms. The van der Waals surface area contributed by atoms with Crippen LogP contribution in [0.5, 0.6) is 0 Å². The van der Waals surface area contributed by atoms with Gasteiger partial charge in [0.1, 0.15) is 9.53 Å². The Kier molecular flexibility index (Phi) is 4.01. The molecule has 0 aliphatic rings. The summed E-state index contributed by atoms with van der Waals surface area (Å²) >= 11 is 6.86. The molecule has 0 saturated heterocycles. The number of aromatic nitrogens is 3. The lowest BCUT2D eigenvalue weighted by molar-refractivity contribution is 0.735. The largest absolute Gasteiger partial charge is 0.330 e. The molecule has 4 rings (SSSR count). The summed E-state index contributed by atoms with van der Waals surface area (Å²) in [5.74, 6) is 0.488. The van der Waals surface area contributed by atoms with E-state index in [1.54, 1.807) is 10.8 Å². The van der Waals surface area contributed by atoms with E-state index in [9.17, 15) is 4.79 Å². The van der Waals surface area contributed by atoms with Crippen LogP contribution in [0.4, 0.5) is 0 Å². The molecule has 126 valence electrons. The van der Waals surface area contributed by atoms with Crippen LogP contribution < -0.4 is 5.56 Å². The van der Waals surface area contributed by atoms with E-state index in [1.165, 1.54) is 16.9 Å². The van der Waals surface area contributed by atoms with Crippen LogP contribution in [0.2, 0.25) is 0 Å². The number of hydrogen-bond donors (Lipinski definition) is 1.